The second-order valence-electron chi connectivity index (χ2n) is 5.24. The zero-order valence-corrected chi connectivity index (χ0v) is 11.6. The molecule has 0 saturated carbocycles. The van der Waals surface area contributed by atoms with Crippen molar-refractivity contribution in [2.24, 2.45) is 5.84 Å². The third-order valence-corrected chi connectivity index (χ3v) is 4.19. The van der Waals surface area contributed by atoms with Crippen molar-refractivity contribution >= 4 is 11.5 Å². The lowest BCUT2D eigenvalue weighted by Crippen LogP contribution is -2.15. The smallest absolute Gasteiger partial charge is 0.157 e. The maximum atomic E-state index is 5.70. The average Bonchev–Trinajstić information content (AvgIpc) is 3.03. The van der Waals surface area contributed by atoms with Gasteiger partial charge in [0.2, 0.25) is 0 Å². The van der Waals surface area contributed by atoms with E-state index in [1.54, 1.807) is 0 Å². The molecule has 2 aromatic heterocycles. The molecule has 0 bridgehead atoms. The molecule has 5 nitrogen and oxygen atoms in total. The van der Waals surface area contributed by atoms with Crippen molar-refractivity contribution in [2.75, 3.05) is 5.43 Å². The zero-order valence-electron chi connectivity index (χ0n) is 11.6. The summed E-state index contributed by atoms with van der Waals surface area (Å²) in [6.45, 7) is 4.40. The Hall–Kier alpha value is -1.62. The van der Waals surface area contributed by atoms with Crippen LogP contribution < -0.4 is 11.3 Å². The van der Waals surface area contributed by atoms with Crippen LogP contribution in [0.3, 0.4) is 0 Å². The number of hydrazine groups is 1. The van der Waals surface area contributed by atoms with E-state index in [-0.39, 0.29) is 0 Å². The van der Waals surface area contributed by atoms with Gasteiger partial charge < -0.3 is 5.43 Å². The second-order valence-corrected chi connectivity index (χ2v) is 5.24. The number of hydrogen-bond donors (Lipinski definition) is 2. The van der Waals surface area contributed by atoms with Gasteiger partial charge in [0.05, 0.1) is 5.69 Å². The standard InChI is InChI=1S/C14H21N5/c1-3-9(4-2)12-8-13-16-11-7-5-6-10(11)14(17-15)19(13)18-12/h8-9,17H,3-7,15H2,1-2H3. The largest absolute Gasteiger partial charge is 0.308 e. The van der Waals surface area contributed by atoms with E-state index in [9.17, 15) is 0 Å². The highest BCUT2D eigenvalue weighted by Crippen LogP contribution is 2.30. The van der Waals surface area contributed by atoms with Crippen molar-refractivity contribution in [1.82, 2.24) is 14.6 Å². The van der Waals surface area contributed by atoms with E-state index in [0.29, 0.717) is 5.92 Å². The predicted molar refractivity (Wildman–Crippen MR) is 76.1 cm³/mol. The van der Waals surface area contributed by atoms with Crippen molar-refractivity contribution in [3.63, 3.8) is 0 Å². The van der Waals surface area contributed by atoms with Crippen LogP contribution in [0.1, 0.15) is 56.0 Å². The van der Waals surface area contributed by atoms with Crippen LogP contribution in [-0.4, -0.2) is 14.6 Å². The first kappa shape index (κ1) is 12.4. The molecule has 0 spiro atoms. The number of aromatic nitrogens is 3. The van der Waals surface area contributed by atoms with Crippen molar-refractivity contribution in [1.29, 1.82) is 0 Å². The summed E-state index contributed by atoms with van der Waals surface area (Å²) < 4.78 is 1.87. The van der Waals surface area contributed by atoms with Gasteiger partial charge in [-0.3, -0.25) is 0 Å². The Morgan fingerprint density at radius 1 is 1.37 bits per heavy atom. The van der Waals surface area contributed by atoms with Crippen molar-refractivity contribution in [2.45, 2.75) is 51.9 Å². The number of anilines is 1. The minimum atomic E-state index is 0.502. The minimum Gasteiger partial charge on any atom is -0.308 e. The Labute approximate surface area is 113 Å². The van der Waals surface area contributed by atoms with E-state index in [0.717, 1.165) is 49.3 Å². The van der Waals surface area contributed by atoms with E-state index in [1.165, 1.54) is 11.3 Å². The van der Waals surface area contributed by atoms with Gasteiger partial charge in [0.25, 0.3) is 0 Å². The summed E-state index contributed by atoms with van der Waals surface area (Å²) >= 11 is 0. The third kappa shape index (κ3) is 1.89. The number of nitrogens with one attached hydrogen (secondary N) is 1. The van der Waals surface area contributed by atoms with Crippen LogP contribution in [0.15, 0.2) is 6.07 Å². The lowest BCUT2D eigenvalue weighted by atomic mass is 10.00. The molecule has 2 aromatic rings. The summed E-state index contributed by atoms with van der Waals surface area (Å²) in [7, 11) is 0. The fourth-order valence-electron chi connectivity index (χ4n) is 3.06. The lowest BCUT2D eigenvalue weighted by molar-refractivity contribution is 0.616. The molecular weight excluding hydrogens is 238 g/mol. The van der Waals surface area contributed by atoms with Gasteiger partial charge >= 0.3 is 0 Å². The first-order valence-electron chi connectivity index (χ1n) is 7.16. The number of nitrogens with two attached hydrogens (primary N) is 1. The molecule has 0 unspecified atom stereocenters. The molecule has 0 fully saturated rings. The molecule has 0 radical (unpaired) electrons. The lowest BCUT2D eigenvalue weighted by Gasteiger charge is -2.09. The molecule has 102 valence electrons. The first-order valence-corrected chi connectivity index (χ1v) is 7.16. The van der Waals surface area contributed by atoms with E-state index in [2.05, 4.69) is 25.3 Å². The fourth-order valence-corrected chi connectivity index (χ4v) is 3.06. The molecular formula is C14H21N5. The van der Waals surface area contributed by atoms with E-state index < -0.39 is 0 Å². The van der Waals surface area contributed by atoms with Crippen LogP contribution in [0.4, 0.5) is 5.82 Å². The highest BCUT2D eigenvalue weighted by atomic mass is 15.4. The van der Waals surface area contributed by atoms with Gasteiger partial charge in [-0.2, -0.15) is 9.61 Å². The van der Waals surface area contributed by atoms with Crippen molar-refractivity contribution < 1.29 is 0 Å². The Balaban J connectivity index is 2.18. The summed E-state index contributed by atoms with van der Waals surface area (Å²) in [5, 5.41) is 4.71. The maximum Gasteiger partial charge on any atom is 0.157 e. The Bertz CT molecular complexity index is 597. The Kier molecular flexibility index (Phi) is 3.14. The monoisotopic (exact) mass is 259 g/mol. The van der Waals surface area contributed by atoms with Crippen LogP contribution >= 0.6 is 0 Å². The Morgan fingerprint density at radius 3 is 2.84 bits per heavy atom. The highest BCUT2D eigenvalue weighted by Gasteiger charge is 2.21. The van der Waals surface area contributed by atoms with Crippen LogP contribution in [-0.2, 0) is 12.8 Å². The van der Waals surface area contributed by atoms with Crippen LogP contribution in [0.2, 0.25) is 0 Å². The molecule has 0 aromatic carbocycles. The maximum absolute atomic E-state index is 5.70. The number of rotatable bonds is 4. The van der Waals surface area contributed by atoms with Crippen LogP contribution in [0, 0.1) is 0 Å². The quantitative estimate of drug-likeness (QED) is 0.653. The Morgan fingerprint density at radius 2 is 2.16 bits per heavy atom. The molecule has 0 aliphatic heterocycles. The molecule has 1 aliphatic carbocycles. The van der Waals surface area contributed by atoms with Crippen molar-refractivity contribution in [3.05, 3.63) is 23.0 Å². The first-order chi connectivity index (χ1) is 9.28. The van der Waals surface area contributed by atoms with Gasteiger partial charge in [-0.05, 0) is 32.1 Å². The molecule has 0 amide bonds. The minimum absolute atomic E-state index is 0.502. The molecule has 19 heavy (non-hydrogen) atoms. The van der Waals surface area contributed by atoms with E-state index in [1.807, 2.05) is 4.52 Å². The second kappa shape index (κ2) is 4.81. The average molecular weight is 259 g/mol. The molecule has 2 heterocycles. The topological polar surface area (TPSA) is 68.2 Å². The predicted octanol–water partition coefficient (Wildman–Crippen LogP) is 2.41. The van der Waals surface area contributed by atoms with Gasteiger partial charge in [-0.15, -0.1) is 0 Å². The molecule has 0 atom stereocenters. The summed E-state index contributed by atoms with van der Waals surface area (Å²) in [6.07, 6.45) is 5.45. The van der Waals surface area contributed by atoms with Gasteiger partial charge in [-0.25, -0.2) is 10.8 Å². The highest BCUT2D eigenvalue weighted by molar-refractivity contribution is 5.57. The molecule has 1 aliphatic rings. The number of nitrogens with zero attached hydrogens (tertiary/aromatic N) is 3. The van der Waals surface area contributed by atoms with Gasteiger partial charge in [0.1, 0.15) is 5.82 Å². The van der Waals surface area contributed by atoms with Crippen molar-refractivity contribution in [3.8, 4) is 0 Å². The van der Waals surface area contributed by atoms with E-state index >= 15 is 0 Å². The van der Waals surface area contributed by atoms with E-state index in [4.69, 9.17) is 15.9 Å². The number of aryl methyl sites for hydroxylation is 1. The van der Waals surface area contributed by atoms with Gasteiger partial charge in [-0.1, -0.05) is 13.8 Å². The SMILES string of the molecule is CCC(CC)c1cc2nc3c(c(NN)n2n1)CCC3. The number of fused-ring (bicyclic) bond motifs is 2. The molecule has 3 N–H and O–H groups in total. The summed E-state index contributed by atoms with van der Waals surface area (Å²) in [5.74, 6) is 7.11. The molecule has 3 rings (SSSR count). The van der Waals surface area contributed by atoms with Crippen LogP contribution in [0.5, 0.6) is 0 Å². The molecule has 0 saturated heterocycles. The number of nitrogen functional groups attached to an aromatic ring is 1. The van der Waals surface area contributed by atoms with Gasteiger partial charge in [0, 0.05) is 23.2 Å². The number of hydrogen-bond acceptors (Lipinski definition) is 4. The summed E-state index contributed by atoms with van der Waals surface area (Å²) in [5.41, 5.74) is 7.26. The summed E-state index contributed by atoms with van der Waals surface area (Å²) in [6, 6.07) is 2.11. The molecule has 5 heteroatoms. The summed E-state index contributed by atoms with van der Waals surface area (Å²) in [4.78, 5) is 4.74. The zero-order chi connectivity index (χ0) is 13.4. The van der Waals surface area contributed by atoms with Crippen LogP contribution in [0.25, 0.3) is 5.65 Å². The fraction of sp³-hybridized carbons (Fsp3) is 0.571. The van der Waals surface area contributed by atoms with Gasteiger partial charge in [0.15, 0.2) is 5.65 Å². The third-order valence-electron chi connectivity index (χ3n) is 4.19. The normalized spacial score (nSPS) is 14.3.